The van der Waals surface area contributed by atoms with Gasteiger partial charge in [-0.05, 0) is 45.3 Å². The van der Waals surface area contributed by atoms with E-state index in [9.17, 15) is 4.79 Å². The zero-order valence-corrected chi connectivity index (χ0v) is 12.4. The predicted molar refractivity (Wildman–Crippen MR) is 80.8 cm³/mol. The number of nitrogens with one attached hydrogen (secondary N) is 2. The van der Waals surface area contributed by atoms with E-state index in [1.807, 2.05) is 37.3 Å². The Labute approximate surface area is 121 Å². The average Bonchev–Trinajstić information content (AvgIpc) is 2.39. The molecule has 1 fully saturated rings. The molecule has 0 aromatic heterocycles. The van der Waals surface area contributed by atoms with E-state index in [0.29, 0.717) is 0 Å². The molecule has 1 atom stereocenters. The molecule has 0 radical (unpaired) electrons. The molecule has 2 rings (SSSR count). The van der Waals surface area contributed by atoms with Gasteiger partial charge in [0.15, 0.2) is 0 Å². The SMILES string of the molecule is CC(C(=O)NC1(C)CCNCC1)c1ccccc1.Cl. The first-order chi connectivity index (χ1) is 8.61. The first-order valence-electron chi connectivity index (χ1n) is 6.68. The molecule has 1 aliphatic heterocycles. The second-order valence-electron chi connectivity index (χ2n) is 5.43. The summed E-state index contributed by atoms with van der Waals surface area (Å²) in [5, 5.41) is 6.54. The van der Waals surface area contributed by atoms with E-state index < -0.39 is 0 Å². The second-order valence-corrected chi connectivity index (χ2v) is 5.43. The van der Waals surface area contributed by atoms with E-state index in [-0.39, 0.29) is 29.8 Å². The van der Waals surface area contributed by atoms with Gasteiger partial charge in [-0.1, -0.05) is 30.3 Å². The van der Waals surface area contributed by atoms with Gasteiger partial charge in [-0.15, -0.1) is 12.4 Å². The van der Waals surface area contributed by atoms with Gasteiger partial charge in [0.2, 0.25) is 5.91 Å². The zero-order chi connectivity index (χ0) is 13.0. The molecule has 106 valence electrons. The minimum absolute atomic E-state index is 0. The highest BCUT2D eigenvalue weighted by molar-refractivity contribution is 5.85. The fourth-order valence-electron chi connectivity index (χ4n) is 2.40. The maximum Gasteiger partial charge on any atom is 0.227 e. The van der Waals surface area contributed by atoms with Gasteiger partial charge in [-0.2, -0.15) is 0 Å². The summed E-state index contributed by atoms with van der Waals surface area (Å²) in [5.74, 6) is 0.0449. The lowest BCUT2D eigenvalue weighted by Gasteiger charge is -2.35. The summed E-state index contributed by atoms with van der Waals surface area (Å²) < 4.78 is 0. The van der Waals surface area contributed by atoms with E-state index >= 15 is 0 Å². The molecule has 1 heterocycles. The van der Waals surface area contributed by atoms with Crippen molar-refractivity contribution in [1.29, 1.82) is 0 Å². The number of hydrogen-bond acceptors (Lipinski definition) is 2. The van der Waals surface area contributed by atoms with Gasteiger partial charge in [0, 0.05) is 5.54 Å². The molecular weight excluding hydrogens is 260 g/mol. The Morgan fingerprint density at radius 1 is 1.26 bits per heavy atom. The number of rotatable bonds is 3. The Morgan fingerprint density at radius 2 is 1.84 bits per heavy atom. The van der Waals surface area contributed by atoms with Gasteiger partial charge in [0.1, 0.15) is 0 Å². The highest BCUT2D eigenvalue weighted by Crippen LogP contribution is 2.21. The van der Waals surface area contributed by atoms with E-state index in [0.717, 1.165) is 31.5 Å². The van der Waals surface area contributed by atoms with Gasteiger partial charge in [-0.25, -0.2) is 0 Å². The van der Waals surface area contributed by atoms with Crippen molar-refractivity contribution in [3.05, 3.63) is 35.9 Å². The summed E-state index contributed by atoms with van der Waals surface area (Å²) in [6, 6.07) is 9.95. The van der Waals surface area contributed by atoms with Crippen LogP contribution in [-0.2, 0) is 4.79 Å². The largest absolute Gasteiger partial charge is 0.350 e. The van der Waals surface area contributed by atoms with Crippen LogP contribution in [0.5, 0.6) is 0 Å². The third-order valence-electron chi connectivity index (χ3n) is 3.82. The van der Waals surface area contributed by atoms with E-state index in [4.69, 9.17) is 0 Å². The van der Waals surface area contributed by atoms with Crippen molar-refractivity contribution in [1.82, 2.24) is 10.6 Å². The molecule has 1 saturated heterocycles. The molecule has 0 bridgehead atoms. The number of amides is 1. The Balaban J connectivity index is 0.00000180. The fraction of sp³-hybridized carbons (Fsp3) is 0.533. The van der Waals surface area contributed by atoms with Crippen molar-refractivity contribution in [2.45, 2.75) is 38.1 Å². The lowest BCUT2D eigenvalue weighted by Crippen LogP contribution is -2.53. The molecule has 1 amide bonds. The summed E-state index contributed by atoms with van der Waals surface area (Å²) in [7, 11) is 0. The Morgan fingerprint density at radius 3 is 2.42 bits per heavy atom. The van der Waals surface area contributed by atoms with E-state index in [1.54, 1.807) is 0 Å². The zero-order valence-electron chi connectivity index (χ0n) is 11.6. The Kier molecular flexibility index (Phi) is 5.83. The molecule has 3 nitrogen and oxygen atoms in total. The molecule has 1 aromatic carbocycles. The topological polar surface area (TPSA) is 41.1 Å². The van der Waals surface area contributed by atoms with Gasteiger partial charge in [-0.3, -0.25) is 4.79 Å². The summed E-state index contributed by atoms with van der Waals surface area (Å²) in [6.45, 7) is 6.07. The summed E-state index contributed by atoms with van der Waals surface area (Å²) in [4.78, 5) is 12.3. The molecule has 1 aromatic rings. The van der Waals surface area contributed by atoms with Crippen LogP contribution in [-0.4, -0.2) is 24.5 Å². The third kappa shape index (κ3) is 4.22. The number of carbonyl (C=O) groups excluding carboxylic acids is 1. The van der Waals surface area contributed by atoms with Crippen molar-refractivity contribution in [3.8, 4) is 0 Å². The van der Waals surface area contributed by atoms with Crippen LogP contribution in [0, 0.1) is 0 Å². The van der Waals surface area contributed by atoms with Crippen molar-refractivity contribution >= 4 is 18.3 Å². The minimum atomic E-state index is -0.0853. The first kappa shape index (κ1) is 16.0. The Bertz CT molecular complexity index is 402. The number of halogens is 1. The van der Waals surface area contributed by atoms with Crippen molar-refractivity contribution in [3.63, 3.8) is 0 Å². The van der Waals surface area contributed by atoms with Crippen LogP contribution >= 0.6 is 12.4 Å². The summed E-state index contributed by atoms with van der Waals surface area (Å²) in [5.41, 5.74) is 1.03. The number of hydrogen-bond donors (Lipinski definition) is 2. The molecule has 0 aliphatic carbocycles. The second kappa shape index (κ2) is 6.92. The molecule has 1 unspecified atom stereocenters. The van der Waals surface area contributed by atoms with Gasteiger partial charge < -0.3 is 10.6 Å². The van der Waals surface area contributed by atoms with Crippen LogP contribution in [0.1, 0.15) is 38.2 Å². The van der Waals surface area contributed by atoms with Crippen LogP contribution in [0.4, 0.5) is 0 Å². The molecule has 4 heteroatoms. The average molecular weight is 283 g/mol. The van der Waals surface area contributed by atoms with Crippen molar-refractivity contribution in [2.24, 2.45) is 0 Å². The smallest absolute Gasteiger partial charge is 0.227 e. The van der Waals surface area contributed by atoms with Crippen LogP contribution in [0.25, 0.3) is 0 Å². The quantitative estimate of drug-likeness (QED) is 0.894. The molecule has 1 aliphatic rings. The molecular formula is C15H23ClN2O. The number of benzene rings is 1. The molecule has 2 N–H and O–H groups in total. The molecule has 19 heavy (non-hydrogen) atoms. The number of piperidine rings is 1. The van der Waals surface area contributed by atoms with Crippen LogP contribution in [0.15, 0.2) is 30.3 Å². The highest BCUT2D eigenvalue weighted by atomic mass is 35.5. The van der Waals surface area contributed by atoms with Gasteiger partial charge in [0.05, 0.1) is 5.92 Å². The van der Waals surface area contributed by atoms with E-state index in [1.165, 1.54) is 0 Å². The maximum absolute atomic E-state index is 12.3. The highest BCUT2D eigenvalue weighted by Gasteiger charge is 2.30. The molecule has 0 saturated carbocycles. The van der Waals surface area contributed by atoms with Crippen LogP contribution in [0.2, 0.25) is 0 Å². The van der Waals surface area contributed by atoms with Crippen LogP contribution < -0.4 is 10.6 Å². The lowest BCUT2D eigenvalue weighted by molar-refractivity contribution is -0.124. The number of carbonyl (C=O) groups is 1. The summed E-state index contributed by atoms with van der Waals surface area (Å²) >= 11 is 0. The van der Waals surface area contributed by atoms with E-state index in [2.05, 4.69) is 17.6 Å². The maximum atomic E-state index is 12.3. The Hall–Kier alpha value is -1.06. The monoisotopic (exact) mass is 282 g/mol. The van der Waals surface area contributed by atoms with Gasteiger partial charge >= 0.3 is 0 Å². The standard InChI is InChI=1S/C15H22N2O.ClH/c1-12(13-6-4-3-5-7-13)14(18)17-15(2)8-10-16-11-9-15;/h3-7,12,16H,8-11H2,1-2H3,(H,17,18);1H. The third-order valence-corrected chi connectivity index (χ3v) is 3.82. The summed E-state index contributed by atoms with van der Waals surface area (Å²) in [6.07, 6.45) is 2.00. The fourth-order valence-corrected chi connectivity index (χ4v) is 2.40. The minimum Gasteiger partial charge on any atom is -0.350 e. The van der Waals surface area contributed by atoms with Crippen molar-refractivity contribution < 1.29 is 4.79 Å². The normalized spacial score (nSPS) is 19.1. The van der Waals surface area contributed by atoms with Crippen LogP contribution in [0.3, 0.4) is 0 Å². The van der Waals surface area contributed by atoms with Crippen molar-refractivity contribution in [2.75, 3.05) is 13.1 Å². The van der Waals surface area contributed by atoms with Gasteiger partial charge in [0.25, 0.3) is 0 Å². The first-order valence-corrected chi connectivity index (χ1v) is 6.68. The lowest BCUT2D eigenvalue weighted by atomic mass is 9.89. The predicted octanol–water partition coefficient (Wildman–Crippen LogP) is 2.47. The molecule has 0 spiro atoms.